The van der Waals surface area contributed by atoms with Crippen molar-refractivity contribution in [3.05, 3.63) is 84.9 Å². The molecule has 4 heteroatoms. The lowest BCUT2D eigenvalue weighted by molar-refractivity contribution is 0.426. The van der Waals surface area contributed by atoms with Crippen molar-refractivity contribution < 1.29 is 10.0 Å². The third kappa shape index (κ3) is 2.10. The van der Waals surface area contributed by atoms with Gasteiger partial charge >= 0.3 is 7.12 Å². The number of rotatable bonds is 2. The van der Waals surface area contributed by atoms with Crippen molar-refractivity contribution in [1.29, 1.82) is 0 Å². The summed E-state index contributed by atoms with van der Waals surface area (Å²) in [6.45, 7) is 0. The molecular formula is C22H16BNO2. The van der Waals surface area contributed by atoms with Gasteiger partial charge in [-0.1, -0.05) is 66.7 Å². The molecule has 0 aliphatic heterocycles. The summed E-state index contributed by atoms with van der Waals surface area (Å²) in [7, 11) is -1.51. The highest BCUT2D eigenvalue weighted by Crippen LogP contribution is 2.35. The van der Waals surface area contributed by atoms with E-state index in [1.54, 1.807) is 0 Å². The van der Waals surface area contributed by atoms with Crippen molar-refractivity contribution in [3.8, 4) is 5.69 Å². The molecule has 1 heterocycles. The SMILES string of the molecule is OB(O)c1cc2c3ccccc3n(-c3ccccc3)c2c2ccccc12. The summed E-state index contributed by atoms with van der Waals surface area (Å²) in [5.74, 6) is 0. The Morgan fingerprint density at radius 2 is 1.23 bits per heavy atom. The van der Waals surface area contributed by atoms with E-state index in [1.165, 1.54) is 0 Å². The molecule has 0 bridgehead atoms. The van der Waals surface area contributed by atoms with Crippen LogP contribution >= 0.6 is 0 Å². The average Bonchev–Trinajstić information content (AvgIpc) is 3.02. The first-order valence-corrected chi connectivity index (χ1v) is 8.62. The number of nitrogens with zero attached hydrogens (tertiary/aromatic N) is 1. The average molecular weight is 337 g/mol. The molecule has 0 amide bonds. The lowest BCUT2D eigenvalue weighted by Gasteiger charge is -2.12. The van der Waals surface area contributed by atoms with Crippen LogP contribution in [-0.4, -0.2) is 21.7 Å². The van der Waals surface area contributed by atoms with Crippen molar-refractivity contribution in [2.24, 2.45) is 0 Å². The maximum atomic E-state index is 9.93. The lowest BCUT2D eigenvalue weighted by Crippen LogP contribution is -2.30. The Bertz CT molecular complexity index is 1260. The Balaban J connectivity index is 2.09. The van der Waals surface area contributed by atoms with Crippen LogP contribution in [0, 0.1) is 0 Å². The van der Waals surface area contributed by atoms with Gasteiger partial charge in [0.05, 0.1) is 11.0 Å². The molecule has 0 fully saturated rings. The van der Waals surface area contributed by atoms with E-state index < -0.39 is 7.12 Å². The highest BCUT2D eigenvalue weighted by Gasteiger charge is 2.21. The third-order valence-corrected chi connectivity index (χ3v) is 5.00. The summed E-state index contributed by atoms with van der Waals surface area (Å²) in [4.78, 5) is 0. The molecule has 0 radical (unpaired) electrons. The summed E-state index contributed by atoms with van der Waals surface area (Å²) >= 11 is 0. The Morgan fingerprint density at radius 1 is 0.615 bits per heavy atom. The quantitative estimate of drug-likeness (QED) is 0.483. The van der Waals surface area contributed by atoms with Gasteiger partial charge in [0.15, 0.2) is 0 Å². The van der Waals surface area contributed by atoms with Crippen LogP contribution in [0.4, 0.5) is 0 Å². The number of fused-ring (bicyclic) bond motifs is 5. The topological polar surface area (TPSA) is 45.4 Å². The zero-order valence-corrected chi connectivity index (χ0v) is 14.0. The molecule has 0 aliphatic carbocycles. The zero-order chi connectivity index (χ0) is 17.7. The first-order valence-electron chi connectivity index (χ1n) is 8.62. The molecule has 4 aromatic carbocycles. The monoisotopic (exact) mass is 337 g/mol. The molecule has 3 nitrogen and oxygen atoms in total. The smallest absolute Gasteiger partial charge is 0.423 e. The van der Waals surface area contributed by atoms with Crippen LogP contribution in [0.1, 0.15) is 0 Å². The van der Waals surface area contributed by atoms with E-state index in [-0.39, 0.29) is 0 Å². The number of hydrogen-bond donors (Lipinski definition) is 2. The second-order valence-corrected chi connectivity index (χ2v) is 6.47. The second kappa shape index (κ2) is 5.73. The third-order valence-electron chi connectivity index (χ3n) is 5.00. The van der Waals surface area contributed by atoms with E-state index in [2.05, 4.69) is 28.8 Å². The molecule has 5 rings (SSSR count). The first kappa shape index (κ1) is 15.2. The minimum atomic E-state index is -1.51. The van der Waals surface area contributed by atoms with Gasteiger partial charge < -0.3 is 14.6 Å². The van der Waals surface area contributed by atoms with Crippen LogP contribution in [0.3, 0.4) is 0 Å². The molecule has 1 aromatic heterocycles. The van der Waals surface area contributed by atoms with E-state index in [9.17, 15) is 10.0 Å². The lowest BCUT2D eigenvalue weighted by atomic mass is 9.76. The molecule has 0 saturated carbocycles. The number of benzene rings is 4. The van der Waals surface area contributed by atoms with Gasteiger partial charge in [0, 0.05) is 21.8 Å². The summed E-state index contributed by atoms with van der Waals surface area (Å²) in [5, 5.41) is 23.8. The number of aromatic nitrogens is 1. The second-order valence-electron chi connectivity index (χ2n) is 6.47. The van der Waals surface area contributed by atoms with Gasteiger partial charge in [-0.25, -0.2) is 0 Å². The number of para-hydroxylation sites is 2. The Kier molecular flexibility index (Phi) is 3.35. The first-order chi connectivity index (χ1) is 12.8. The van der Waals surface area contributed by atoms with E-state index in [0.29, 0.717) is 5.46 Å². The van der Waals surface area contributed by atoms with Crippen molar-refractivity contribution >= 4 is 45.2 Å². The molecule has 124 valence electrons. The summed E-state index contributed by atoms with van der Waals surface area (Å²) in [6.07, 6.45) is 0. The van der Waals surface area contributed by atoms with Crippen LogP contribution in [0.2, 0.25) is 0 Å². The highest BCUT2D eigenvalue weighted by molar-refractivity contribution is 6.62. The molecule has 0 spiro atoms. The molecule has 0 aliphatic rings. The fraction of sp³-hybridized carbons (Fsp3) is 0. The van der Waals surface area contributed by atoms with Crippen LogP contribution in [-0.2, 0) is 0 Å². The van der Waals surface area contributed by atoms with Crippen LogP contribution in [0.5, 0.6) is 0 Å². The highest BCUT2D eigenvalue weighted by atomic mass is 16.4. The standard InChI is InChI=1S/C22H16BNO2/c25-23(26)20-14-19-17-11-6-7-13-21(17)24(15-8-2-1-3-9-15)22(19)18-12-5-4-10-16(18)20/h1-14,25-26H. The molecule has 0 unspecified atom stereocenters. The summed E-state index contributed by atoms with van der Waals surface area (Å²) in [5.41, 5.74) is 3.80. The minimum absolute atomic E-state index is 0.532. The Morgan fingerprint density at radius 3 is 1.96 bits per heavy atom. The van der Waals surface area contributed by atoms with Crippen LogP contribution in [0.25, 0.3) is 38.3 Å². The van der Waals surface area contributed by atoms with Gasteiger partial charge in [0.2, 0.25) is 0 Å². The van der Waals surface area contributed by atoms with Crippen molar-refractivity contribution in [2.45, 2.75) is 0 Å². The molecule has 0 saturated heterocycles. The maximum absolute atomic E-state index is 9.93. The van der Waals surface area contributed by atoms with Gasteiger partial charge in [0.25, 0.3) is 0 Å². The van der Waals surface area contributed by atoms with Gasteiger partial charge in [0.1, 0.15) is 0 Å². The Labute approximate surface area is 150 Å². The van der Waals surface area contributed by atoms with Crippen LogP contribution in [0.15, 0.2) is 84.9 Å². The van der Waals surface area contributed by atoms with E-state index in [4.69, 9.17) is 0 Å². The van der Waals surface area contributed by atoms with E-state index >= 15 is 0 Å². The normalized spacial score (nSPS) is 11.5. The fourth-order valence-electron chi connectivity index (χ4n) is 3.91. The fourth-order valence-corrected chi connectivity index (χ4v) is 3.91. The predicted octanol–water partition coefficient (Wildman–Crippen LogP) is 3.62. The summed E-state index contributed by atoms with van der Waals surface area (Å²) < 4.78 is 2.25. The van der Waals surface area contributed by atoms with Crippen molar-refractivity contribution in [3.63, 3.8) is 0 Å². The zero-order valence-electron chi connectivity index (χ0n) is 14.0. The maximum Gasteiger partial charge on any atom is 0.489 e. The van der Waals surface area contributed by atoms with E-state index in [1.807, 2.05) is 60.7 Å². The minimum Gasteiger partial charge on any atom is -0.423 e. The molecule has 5 aromatic rings. The van der Waals surface area contributed by atoms with Gasteiger partial charge in [-0.05, 0) is 29.0 Å². The Hall–Kier alpha value is -3.08. The van der Waals surface area contributed by atoms with E-state index in [0.717, 1.165) is 38.3 Å². The van der Waals surface area contributed by atoms with Gasteiger partial charge in [-0.15, -0.1) is 0 Å². The van der Waals surface area contributed by atoms with Crippen LogP contribution < -0.4 is 5.46 Å². The summed E-state index contributed by atoms with van der Waals surface area (Å²) in [6, 6.07) is 28.3. The van der Waals surface area contributed by atoms with Crippen molar-refractivity contribution in [2.75, 3.05) is 0 Å². The molecular weight excluding hydrogens is 321 g/mol. The largest absolute Gasteiger partial charge is 0.489 e. The van der Waals surface area contributed by atoms with Gasteiger partial charge in [-0.3, -0.25) is 0 Å². The molecule has 0 atom stereocenters. The number of hydrogen-bond acceptors (Lipinski definition) is 2. The molecule has 2 N–H and O–H groups in total. The van der Waals surface area contributed by atoms with Crippen molar-refractivity contribution in [1.82, 2.24) is 4.57 Å². The molecule has 26 heavy (non-hydrogen) atoms. The predicted molar refractivity (Wildman–Crippen MR) is 108 cm³/mol. The van der Waals surface area contributed by atoms with Gasteiger partial charge in [-0.2, -0.15) is 0 Å².